The molecule has 0 saturated heterocycles. The summed E-state index contributed by atoms with van der Waals surface area (Å²) in [6, 6.07) is 3.10. The average molecular weight is 365 g/mol. The molecule has 0 heterocycles. The first-order valence-electron chi connectivity index (χ1n) is 10.7. The summed E-state index contributed by atoms with van der Waals surface area (Å²) in [5.74, 6) is 2.07. The minimum absolute atomic E-state index is 0.0155. The molecule has 2 aliphatic rings. The van der Waals surface area contributed by atoms with Crippen LogP contribution in [0.2, 0.25) is 0 Å². The van der Waals surface area contributed by atoms with E-state index in [9.17, 15) is 8.78 Å². The summed E-state index contributed by atoms with van der Waals surface area (Å²) in [4.78, 5) is 0. The van der Waals surface area contributed by atoms with E-state index in [4.69, 9.17) is 4.74 Å². The third-order valence-corrected chi connectivity index (χ3v) is 6.99. The topological polar surface area (TPSA) is 9.23 Å². The number of halogens is 2. The SMILES string of the molecule is CCOCc1c(F)cc(C2CCC(C3CCC(CC)CC3)CC2)cc1F. The maximum absolute atomic E-state index is 14.3. The van der Waals surface area contributed by atoms with Crippen molar-refractivity contribution < 1.29 is 13.5 Å². The third kappa shape index (κ3) is 4.65. The monoisotopic (exact) mass is 364 g/mol. The largest absolute Gasteiger partial charge is 0.377 e. The quantitative estimate of drug-likeness (QED) is 0.528. The molecule has 146 valence electrons. The lowest BCUT2D eigenvalue weighted by molar-refractivity contribution is 0.128. The predicted octanol–water partition coefficient (Wildman–Crippen LogP) is 6.99. The van der Waals surface area contributed by atoms with Gasteiger partial charge in [-0.2, -0.15) is 0 Å². The number of hydrogen-bond donors (Lipinski definition) is 0. The molecule has 2 saturated carbocycles. The van der Waals surface area contributed by atoms with Crippen LogP contribution in [0.25, 0.3) is 0 Å². The van der Waals surface area contributed by atoms with Crippen LogP contribution in [0.1, 0.15) is 88.7 Å². The molecule has 3 heteroatoms. The van der Waals surface area contributed by atoms with E-state index in [1.54, 1.807) is 12.1 Å². The van der Waals surface area contributed by atoms with Crippen molar-refractivity contribution in [2.75, 3.05) is 6.61 Å². The first-order chi connectivity index (χ1) is 12.6. The van der Waals surface area contributed by atoms with Gasteiger partial charge in [0.05, 0.1) is 6.61 Å². The molecule has 2 aliphatic carbocycles. The Bertz CT molecular complexity index is 547. The van der Waals surface area contributed by atoms with E-state index in [2.05, 4.69) is 6.92 Å². The summed E-state index contributed by atoms with van der Waals surface area (Å²) in [6.45, 7) is 4.62. The summed E-state index contributed by atoms with van der Waals surface area (Å²) in [7, 11) is 0. The van der Waals surface area contributed by atoms with Crippen LogP contribution in [0.15, 0.2) is 12.1 Å². The van der Waals surface area contributed by atoms with Gasteiger partial charge in [0.25, 0.3) is 0 Å². The van der Waals surface area contributed by atoms with Crippen molar-refractivity contribution in [3.63, 3.8) is 0 Å². The Morgan fingerprint density at radius 1 is 0.846 bits per heavy atom. The molecule has 0 N–H and O–H groups in total. The van der Waals surface area contributed by atoms with Gasteiger partial charge in [-0.1, -0.05) is 26.2 Å². The lowest BCUT2D eigenvalue weighted by Gasteiger charge is -2.38. The van der Waals surface area contributed by atoms with Gasteiger partial charge in [-0.15, -0.1) is 0 Å². The summed E-state index contributed by atoms with van der Waals surface area (Å²) >= 11 is 0. The van der Waals surface area contributed by atoms with E-state index in [1.807, 2.05) is 6.92 Å². The lowest BCUT2D eigenvalue weighted by Crippen LogP contribution is -2.25. The Morgan fingerprint density at radius 3 is 1.88 bits per heavy atom. The molecule has 0 amide bonds. The molecule has 3 rings (SSSR count). The van der Waals surface area contributed by atoms with Gasteiger partial charge in [-0.05, 0) is 86.8 Å². The van der Waals surface area contributed by atoms with Gasteiger partial charge in [0.2, 0.25) is 0 Å². The molecule has 1 nitrogen and oxygen atoms in total. The zero-order chi connectivity index (χ0) is 18.5. The fraction of sp³-hybridized carbons (Fsp3) is 0.739. The molecule has 0 spiro atoms. The molecule has 26 heavy (non-hydrogen) atoms. The Labute approximate surface area is 157 Å². The molecular formula is C23H34F2O. The van der Waals surface area contributed by atoms with Gasteiger partial charge >= 0.3 is 0 Å². The van der Waals surface area contributed by atoms with Crippen LogP contribution in [-0.2, 0) is 11.3 Å². The number of rotatable bonds is 6. The van der Waals surface area contributed by atoms with E-state index in [1.165, 1.54) is 44.9 Å². The molecule has 1 aromatic rings. The van der Waals surface area contributed by atoms with Gasteiger partial charge < -0.3 is 4.74 Å². The summed E-state index contributed by atoms with van der Waals surface area (Å²) in [5.41, 5.74) is 0.908. The molecule has 0 aromatic heterocycles. The summed E-state index contributed by atoms with van der Waals surface area (Å²) < 4.78 is 33.8. The van der Waals surface area contributed by atoms with Crippen LogP contribution in [0, 0.1) is 29.4 Å². The van der Waals surface area contributed by atoms with Gasteiger partial charge in [-0.3, -0.25) is 0 Å². The second kappa shape index (κ2) is 9.30. The fourth-order valence-electron chi connectivity index (χ4n) is 5.19. The average Bonchev–Trinajstić information content (AvgIpc) is 2.67. The van der Waals surface area contributed by atoms with E-state index in [0.717, 1.165) is 36.2 Å². The molecule has 0 bridgehead atoms. The number of benzene rings is 1. The van der Waals surface area contributed by atoms with Crippen molar-refractivity contribution in [2.24, 2.45) is 17.8 Å². The highest BCUT2D eigenvalue weighted by Crippen LogP contribution is 2.44. The van der Waals surface area contributed by atoms with E-state index >= 15 is 0 Å². The fourth-order valence-corrected chi connectivity index (χ4v) is 5.19. The Kier molecular flexibility index (Phi) is 7.08. The zero-order valence-electron chi connectivity index (χ0n) is 16.4. The van der Waals surface area contributed by atoms with Crippen LogP contribution < -0.4 is 0 Å². The first-order valence-corrected chi connectivity index (χ1v) is 10.7. The summed E-state index contributed by atoms with van der Waals surface area (Å²) in [5, 5.41) is 0. The Hall–Kier alpha value is -0.960. The van der Waals surface area contributed by atoms with Crippen LogP contribution >= 0.6 is 0 Å². The second-order valence-corrected chi connectivity index (χ2v) is 8.40. The van der Waals surface area contributed by atoms with Gasteiger partial charge in [0, 0.05) is 12.2 Å². The van der Waals surface area contributed by atoms with E-state index < -0.39 is 11.6 Å². The lowest BCUT2D eigenvalue weighted by atomic mass is 9.68. The molecule has 0 unspecified atom stereocenters. The van der Waals surface area contributed by atoms with Gasteiger partial charge in [-0.25, -0.2) is 8.78 Å². The van der Waals surface area contributed by atoms with Crippen LogP contribution in [0.5, 0.6) is 0 Å². The zero-order valence-corrected chi connectivity index (χ0v) is 16.4. The highest BCUT2D eigenvalue weighted by Gasteiger charge is 2.31. The van der Waals surface area contributed by atoms with E-state index in [-0.39, 0.29) is 12.2 Å². The van der Waals surface area contributed by atoms with Crippen molar-refractivity contribution in [1.29, 1.82) is 0 Å². The normalized spacial score (nSPS) is 29.7. The van der Waals surface area contributed by atoms with Crippen LogP contribution in [-0.4, -0.2) is 6.61 Å². The van der Waals surface area contributed by atoms with Crippen molar-refractivity contribution in [3.8, 4) is 0 Å². The van der Waals surface area contributed by atoms with Crippen molar-refractivity contribution >= 4 is 0 Å². The molecule has 0 atom stereocenters. The highest BCUT2D eigenvalue weighted by molar-refractivity contribution is 5.28. The van der Waals surface area contributed by atoms with Crippen LogP contribution in [0.4, 0.5) is 8.78 Å². The predicted molar refractivity (Wildman–Crippen MR) is 102 cm³/mol. The number of hydrogen-bond acceptors (Lipinski definition) is 1. The molecule has 1 aromatic carbocycles. The molecule has 2 fully saturated rings. The maximum Gasteiger partial charge on any atom is 0.131 e. The Balaban J connectivity index is 1.56. The maximum atomic E-state index is 14.3. The Morgan fingerprint density at radius 2 is 1.38 bits per heavy atom. The summed E-state index contributed by atoms with van der Waals surface area (Å²) in [6.07, 6.45) is 11.5. The van der Waals surface area contributed by atoms with Gasteiger partial charge in [0.15, 0.2) is 0 Å². The number of ether oxygens (including phenoxy) is 1. The first kappa shape index (κ1) is 19.8. The third-order valence-electron chi connectivity index (χ3n) is 6.99. The molecule has 0 aliphatic heterocycles. The van der Waals surface area contributed by atoms with Crippen molar-refractivity contribution in [3.05, 3.63) is 34.9 Å². The second-order valence-electron chi connectivity index (χ2n) is 8.40. The standard InChI is InChI=1S/C23H34F2O/c1-3-16-5-7-17(8-6-16)18-9-11-19(12-10-18)20-13-22(24)21(15-26-4-2)23(25)14-20/h13-14,16-19H,3-12,15H2,1-2H3. The van der Waals surface area contributed by atoms with Crippen molar-refractivity contribution in [2.45, 2.75) is 84.2 Å². The minimum Gasteiger partial charge on any atom is -0.377 e. The minimum atomic E-state index is -0.450. The molecular weight excluding hydrogens is 330 g/mol. The van der Waals surface area contributed by atoms with Crippen LogP contribution in [0.3, 0.4) is 0 Å². The van der Waals surface area contributed by atoms with Gasteiger partial charge in [0.1, 0.15) is 11.6 Å². The highest BCUT2D eigenvalue weighted by atomic mass is 19.1. The molecule has 0 radical (unpaired) electrons. The smallest absolute Gasteiger partial charge is 0.131 e. The van der Waals surface area contributed by atoms with E-state index in [0.29, 0.717) is 12.5 Å². The van der Waals surface area contributed by atoms with Crippen molar-refractivity contribution in [1.82, 2.24) is 0 Å².